The summed E-state index contributed by atoms with van der Waals surface area (Å²) in [6, 6.07) is 11.9. The van der Waals surface area contributed by atoms with Crippen LogP contribution in [0.2, 0.25) is 0 Å². The molecule has 0 unspecified atom stereocenters. The molecule has 1 aromatic carbocycles. The number of aromatic amines is 1. The van der Waals surface area contributed by atoms with Gasteiger partial charge in [0.05, 0.1) is 12.1 Å². The average Bonchev–Trinajstić information content (AvgIpc) is 2.61. The molecule has 4 rings (SSSR count). The van der Waals surface area contributed by atoms with E-state index in [-0.39, 0.29) is 11.7 Å². The minimum absolute atomic E-state index is 0.134. The molecule has 1 N–H and O–H groups in total. The number of H-pyrrole nitrogens is 1. The quantitative estimate of drug-likeness (QED) is 0.794. The molecule has 0 amide bonds. The summed E-state index contributed by atoms with van der Waals surface area (Å²) in [5.41, 5.74) is 2.83. The molecule has 6 heteroatoms. The average molecular weight is 336 g/mol. The summed E-state index contributed by atoms with van der Waals surface area (Å²) in [7, 11) is 0. The van der Waals surface area contributed by atoms with E-state index in [1.165, 1.54) is 11.6 Å². The predicted octanol–water partition coefficient (Wildman–Crippen LogP) is 2.20. The topological polar surface area (TPSA) is 71.1 Å². The van der Waals surface area contributed by atoms with Gasteiger partial charge in [0, 0.05) is 43.0 Å². The first kappa shape index (κ1) is 15.9. The minimum atomic E-state index is -0.205. The van der Waals surface area contributed by atoms with E-state index in [0.29, 0.717) is 24.7 Å². The molecule has 0 saturated carbocycles. The Morgan fingerprint density at radius 1 is 1.32 bits per heavy atom. The monoisotopic (exact) mass is 336 g/mol. The van der Waals surface area contributed by atoms with Gasteiger partial charge >= 0.3 is 0 Å². The zero-order valence-corrected chi connectivity index (χ0v) is 14.1. The third-order valence-electron chi connectivity index (χ3n) is 4.42. The fourth-order valence-corrected chi connectivity index (χ4v) is 3.25. The van der Waals surface area contributed by atoms with E-state index < -0.39 is 0 Å². The van der Waals surface area contributed by atoms with E-state index in [0.717, 1.165) is 24.0 Å². The molecule has 1 fully saturated rings. The van der Waals surface area contributed by atoms with Crippen LogP contribution in [-0.4, -0.2) is 39.5 Å². The summed E-state index contributed by atoms with van der Waals surface area (Å²) in [6.45, 7) is 4.84. The summed E-state index contributed by atoms with van der Waals surface area (Å²) < 4.78 is 5.83. The van der Waals surface area contributed by atoms with Crippen LogP contribution in [0.3, 0.4) is 0 Å². The number of hydrogen-bond acceptors (Lipinski definition) is 5. The van der Waals surface area contributed by atoms with Crippen LogP contribution in [0.15, 0.2) is 47.4 Å². The Balaban J connectivity index is 1.51. The lowest BCUT2D eigenvalue weighted by Gasteiger charge is -2.32. The minimum Gasteiger partial charge on any atom is -0.368 e. The number of nitrogens with one attached hydrogen (secondary N) is 1. The van der Waals surface area contributed by atoms with Gasteiger partial charge in [0.25, 0.3) is 5.56 Å². The Morgan fingerprint density at radius 2 is 2.24 bits per heavy atom. The lowest BCUT2D eigenvalue weighted by atomic mass is 10.1. The summed E-state index contributed by atoms with van der Waals surface area (Å²) in [4.78, 5) is 25.6. The van der Waals surface area contributed by atoms with Crippen molar-refractivity contribution in [1.82, 2.24) is 19.9 Å². The maximum atomic E-state index is 11.7. The van der Waals surface area contributed by atoms with Crippen molar-refractivity contribution < 1.29 is 4.74 Å². The van der Waals surface area contributed by atoms with Crippen LogP contribution in [0.1, 0.15) is 23.2 Å². The van der Waals surface area contributed by atoms with Crippen molar-refractivity contribution >= 4 is 10.9 Å². The van der Waals surface area contributed by atoms with Crippen LogP contribution in [0, 0.1) is 6.92 Å². The number of hydrogen-bond donors (Lipinski definition) is 1. The van der Waals surface area contributed by atoms with Gasteiger partial charge in [-0.3, -0.25) is 14.7 Å². The summed E-state index contributed by atoms with van der Waals surface area (Å²) in [5, 5.41) is 1.15. The first-order valence-corrected chi connectivity index (χ1v) is 8.43. The van der Waals surface area contributed by atoms with Gasteiger partial charge in [0.2, 0.25) is 0 Å². The predicted molar refractivity (Wildman–Crippen MR) is 95.3 cm³/mol. The summed E-state index contributed by atoms with van der Waals surface area (Å²) in [6.07, 6.45) is 1.60. The number of fused-ring (bicyclic) bond motifs is 1. The van der Waals surface area contributed by atoms with E-state index in [4.69, 9.17) is 4.74 Å². The molecule has 128 valence electrons. The fraction of sp³-hybridized carbons (Fsp3) is 0.316. The van der Waals surface area contributed by atoms with Crippen molar-refractivity contribution in [2.75, 3.05) is 19.7 Å². The lowest BCUT2D eigenvalue weighted by molar-refractivity contribution is -0.0373. The largest absolute Gasteiger partial charge is 0.368 e. The highest BCUT2D eigenvalue weighted by atomic mass is 16.5. The standard InChI is InChI=1S/C19H20N4O2/c1-13-9-18(24)22-19(21-13)17-12-23(7-8-25-17)11-14-4-5-16-15(10-14)3-2-6-20-16/h2-6,9-10,17H,7-8,11-12H2,1H3,(H,21,22,24)/t17-/m0/s1. The molecule has 1 saturated heterocycles. The van der Waals surface area contributed by atoms with Crippen LogP contribution < -0.4 is 5.56 Å². The molecule has 1 aliphatic rings. The number of morpholine rings is 1. The van der Waals surface area contributed by atoms with Gasteiger partial charge in [-0.05, 0) is 30.7 Å². The molecular formula is C19H20N4O2. The molecule has 0 spiro atoms. The number of aryl methyl sites for hydroxylation is 1. The number of nitrogens with zero attached hydrogens (tertiary/aromatic N) is 3. The van der Waals surface area contributed by atoms with Crippen LogP contribution >= 0.6 is 0 Å². The van der Waals surface area contributed by atoms with Crippen molar-refractivity contribution in [3.05, 3.63) is 70.0 Å². The molecule has 1 atom stereocenters. The molecule has 3 heterocycles. The highest BCUT2D eigenvalue weighted by Crippen LogP contribution is 2.21. The Bertz CT molecular complexity index is 953. The van der Waals surface area contributed by atoms with Gasteiger partial charge in [-0.2, -0.15) is 0 Å². The number of pyridine rings is 1. The van der Waals surface area contributed by atoms with Crippen molar-refractivity contribution in [1.29, 1.82) is 0 Å². The van der Waals surface area contributed by atoms with Crippen LogP contribution in [0.4, 0.5) is 0 Å². The third kappa shape index (κ3) is 3.60. The van der Waals surface area contributed by atoms with E-state index in [9.17, 15) is 4.79 Å². The van der Waals surface area contributed by atoms with Gasteiger partial charge < -0.3 is 9.72 Å². The molecule has 0 aliphatic carbocycles. The molecule has 6 nitrogen and oxygen atoms in total. The van der Waals surface area contributed by atoms with Crippen molar-refractivity contribution in [3.63, 3.8) is 0 Å². The second-order valence-corrected chi connectivity index (χ2v) is 6.40. The molecule has 1 aliphatic heterocycles. The van der Waals surface area contributed by atoms with Gasteiger partial charge in [-0.1, -0.05) is 12.1 Å². The second kappa shape index (κ2) is 6.74. The van der Waals surface area contributed by atoms with Crippen LogP contribution in [0.5, 0.6) is 0 Å². The van der Waals surface area contributed by atoms with Crippen molar-refractivity contribution in [2.24, 2.45) is 0 Å². The first-order valence-electron chi connectivity index (χ1n) is 8.43. The Kier molecular flexibility index (Phi) is 4.29. The molecule has 0 bridgehead atoms. The van der Waals surface area contributed by atoms with Crippen LogP contribution in [-0.2, 0) is 11.3 Å². The van der Waals surface area contributed by atoms with Gasteiger partial charge in [0.15, 0.2) is 0 Å². The Labute approximate surface area is 145 Å². The normalized spacial score (nSPS) is 18.5. The van der Waals surface area contributed by atoms with Crippen LogP contribution in [0.25, 0.3) is 10.9 Å². The van der Waals surface area contributed by atoms with Gasteiger partial charge in [-0.25, -0.2) is 4.98 Å². The Hall–Kier alpha value is -2.57. The molecule has 3 aromatic rings. The lowest BCUT2D eigenvalue weighted by Crippen LogP contribution is -2.39. The number of aromatic nitrogens is 3. The van der Waals surface area contributed by atoms with Gasteiger partial charge in [0.1, 0.15) is 11.9 Å². The highest BCUT2D eigenvalue weighted by molar-refractivity contribution is 5.78. The van der Waals surface area contributed by atoms with E-state index in [1.807, 2.05) is 19.2 Å². The van der Waals surface area contributed by atoms with Gasteiger partial charge in [-0.15, -0.1) is 0 Å². The second-order valence-electron chi connectivity index (χ2n) is 6.40. The highest BCUT2D eigenvalue weighted by Gasteiger charge is 2.24. The molecule has 2 aromatic heterocycles. The Morgan fingerprint density at radius 3 is 3.12 bits per heavy atom. The van der Waals surface area contributed by atoms with Crippen molar-refractivity contribution in [3.8, 4) is 0 Å². The fourth-order valence-electron chi connectivity index (χ4n) is 3.25. The van der Waals surface area contributed by atoms with E-state index >= 15 is 0 Å². The molecular weight excluding hydrogens is 316 g/mol. The first-order chi connectivity index (χ1) is 12.2. The zero-order valence-electron chi connectivity index (χ0n) is 14.1. The zero-order chi connectivity index (χ0) is 17.2. The molecule has 25 heavy (non-hydrogen) atoms. The summed E-state index contributed by atoms with van der Waals surface area (Å²) in [5.74, 6) is 0.609. The van der Waals surface area contributed by atoms with E-state index in [1.54, 1.807) is 0 Å². The van der Waals surface area contributed by atoms with E-state index in [2.05, 4.69) is 44.1 Å². The third-order valence-corrected chi connectivity index (χ3v) is 4.42. The SMILES string of the molecule is Cc1cc(=O)[nH]c([C@@H]2CN(Cc3ccc4ncccc4c3)CCO2)n1. The number of rotatable bonds is 3. The number of benzene rings is 1. The number of ether oxygens (including phenoxy) is 1. The molecule has 0 radical (unpaired) electrons. The maximum absolute atomic E-state index is 11.7. The summed E-state index contributed by atoms with van der Waals surface area (Å²) >= 11 is 0. The van der Waals surface area contributed by atoms with Crippen molar-refractivity contribution in [2.45, 2.75) is 19.6 Å². The smallest absolute Gasteiger partial charge is 0.251 e. The maximum Gasteiger partial charge on any atom is 0.251 e.